The van der Waals surface area contributed by atoms with Crippen molar-refractivity contribution in [2.75, 3.05) is 6.54 Å². The first-order valence-electron chi connectivity index (χ1n) is 6.77. The summed E-state index contributed by atoms with van der Waals surface area (Å²) >= 11 is 0. The number of imide groups is 1. The van der Waals surface area contributed by atoms with Gasteiger partial charge in [0.15, 0.2) is 0 Å². The molecule has 0 bridgehead atoms. The molecule has 0 aromatic heterocycles. The summed E-state index contributed by atoms with van der Waals surface area (Å²) in [6.45, 7) is 3.63. The maximum Gasteiger partial charge on any atom is 0.321 e. The Balaban J connectivity index is 2.35. The number of piperidine rings is 1. The van der Waals surface area contributed by atoms with Gasteiger partial charge in [0, 0.05) is 25.4 Å². The monoisotopic (exact) mass is 299 g/mol. The molecule has 1 aliphatic heterocycles. The van der Waals surface area contributed by atoms with Crippen LogP contribution in [0, 0.1) is 5.41 Å². The Hall–Kier alpha value is -2.12. The Morgan fingerprint density at radius 2 is 2.00 bits per heavy atom. The van der Waals surface area contributed by atoms with E-state index in [0.717, 1.165) is 0 Å². The van der Waals surface area contributed by atoms with Crippen LogP contribution in [0.3, 0.4) is 0 Å². The molecule has 1 atom stereocenters. The van der Waals surface area contributed by atoms with Crippen LogP contribution in [0.5, 0.6) is 0 Å². The summed E-state index contributed by atoms with van der Waals surface area (Å²) in [5, 5.41) is 16.1. The van der Waals surface area contributed by atoms with Crippen molar-refractivity contribution in [1.29, 1.82) is 0 Å². The zero-order valence-electron chi connectivity index (χ0n) is 12.2. The van der Waals surface area contributed by atoms with Crippen molar-refractivity contribution in [1.82, 2.24) is 16.0 Å². The fourth-order valence-corrected chi connectivity index (χ4v) is 2.15. The normalized spacial score (nSPS) is 18.6. The Bertz CT molecular complexity index is 437. The number of carbonyl (C=O) groups excluding carboxylic acids is 3. The van der Waals surface area contributed by atoms with Gasteiger partial charge in [0.05, 0.1) is 6.42 Å². The van der Waals surface area contributed by atoms with Crippen molar-refractivity contribution < 1.29 is 24.3 Å². The van der Waals surface area contributed by atoms with Crippen molar-refractivity contribution in [2.45, 2.75) is 45.6 Å². The highest BCUT2D eigenvalue weighted by Gasteiger charge is 2.26. The molecular weight excluding hydrogens is 278 g/mol. The third-order valence-electron chi connectivity index (χ3n) is 3.12. The highest BCUT2D eigenvalue weighted by molar-refractivity contribution is 5.94. The fourth-order valence-electron chi connectivity index (χ4n) is 2.15. The number of urea groups is 1. The standard InChI is InChI=1S/C13H21N3O5/c1-13(2,6-11(19)20)5-10(18)16-12(21)15-8-3-4-9(17)14-7-8/h8H,3-7H2,1-2H3,(H,14,17)(H,19,20)(H2,15,16,18,21). The van der Waals surface area contributed by atoms with Crippen LogP contribution in [0.1, 0.15) is 39.5 Å². The van der Waals surface area contributed by atoms with E-state index >= 15 is 0 Å². The topological polar surface area (TPSA) is 125 Å². The summed E-state index contributed by atoms with van der Waals surface area (Å²) in [6, 6.07) is -0.838. The van der Waals surface area contributed by atoms with Crippen molar-refractivity contribution >= 4 is 23.8 Å². The van der Waals surface area contributed by atoms with Crippen LogP contribution >= 0.6 is 0 Å². The fraction of sp³-hybridized carbons (Fsp3) is 0.692. The average Bonchev–Trinajstić information content (AvgIpc) is 2.28. The lowest BCUT2D eigenvalue weighted by Gasteiger charge is -2.24. The van der Waals surface area contributed by atoms with Crippen LogP contribution in [0.25, 0.3) is 0 Å². The van der Waals surface area contributed by atoms with E-state index < -0.39 is 23.3 Å². The first kappa shape index (κ1) is 16.9. The predicted octanol–water partition coefficient (Wildman–Crippen LogP) is -0.0182. The molecule has 8 heteroatoms. The summed E-state index contributed by atoms with van der Waals surface area (Å²) in [5.41, 5.74) is -0.727. The molecule has 0 aromatic carbocycles. The first-order valence-corrected chi connectivity index (χ1v) is 6.77. The summed E-state index contributed by atoms with van der Waals surface area (Å²) in [4.78, 5) is 45.0. The highest BCUT2D eigenvalue weighted by atomic mass is 16.4. The number of hydrogen-bond donors (Lipinski definition) is 4. The van der Waals surface area contributed by atoms with E-state index in [9.17, 15) is 19.2 Å². The molecule has 118 valence electrons. The minimum absolute atomic E-state index is 0.0556. The van der Waals surface area contributed by atoms with Gasteiger partial charge in [0.2, 0.25) is 11.8 Å². The van der Waals surface area contributed by atoms with E-state index in [4.69, 9.17) is 5.11 Å². The van der Waals surface area contributed by atoms with E-state index in [-0.39, 0.29) is 24.8 Å². The molecular formula is C13H21N3O5. The molecule has 1 aliphatic rings. The molecule has 0 aromatic rings. The molecule has 0 spiro atoms. The molecule has 8 nitrogen and oxygen atoms in total. The zero-order chi connectivity index (χ0) is 16.0. The van der Waals surface area contributed by atoms with Gasteiger partial charge in [-0.25, -0.2) is 4.79 Å². The lowest BCUT2D eigenvalue weighted by molar-refractivity contribution is -0.139. The van der Waals surface area contributed by atoms with Crippen LogP contribution in [-0.2, 0) is 14.4 Å². The predicted molar refractivity (Wildman–Crippen MR) is 73.4 cm³/mol. The van der Waals surface area contributed by atoms with Gasteiger partial charge in [0.25, 0.3) is 0 Å². The second kappa shape index (κ2) is 7.05. The molecule has 4 amide bonds. The van der Waals surface area contributed by atoms with Crippen LogP contribution in [0.15, 0.2) is 0 Å². The van der Waals surface area contributed by atoms with E-state index in [1.165, 1.54) is 0 Å². The summed E-state index contributed by atoms with van der Waals surface area (Å²) in [6.07, 6.45) is 0.646. The quantitative estimate of drug-likeness (QED) is 0.568. The first-order chi connectivity index (χ1) is 9.68. The Morgan fingerprint density at radius 1 is 1.33 bits per heavy atom. The molecule has 1 fully saturated rings. The number of carboxylic acids is 1. The molecule has 1 heterocycles. The maximum absolute atomic E-state index is 11.7. The van der Waals surface area contributed by atoms with E-state index in [1.807, 2.05) is 0 Å². The molecule has 0 aliphatic carbocycles. The summed E-state index contributed by atoms with van der Waals surface area (Å²) in [5.74, 6) is -1.58. The van der Waals surface area contributed by atoms with Crippen molar-refractivity contribution in [3.8, 4) is 0 Å². The molecule has 0 radical (unpaired) electrons. The molecule has 4 N–H and O–H groups in total. The van der Waals surface area contributed by atoms with Crippen LogP contribution in [-0.4, -0.2) is 41.5 Å². The number of nitrogens with one attached hydrogen (secondary N) is 3. The van der Waals surface area contributed by atoms with Gasteiger partial charge in [-0.05, 0) is 11.8 Å². The van der Waals surface area contributed by atoms with Gasteiger partial charge in [-0.3, -0.25) is 19.7 Å². The number of hydrogen-bond acceptors (Lipinski definition) is 4. The molecule has 21 heavy (non-hydrogen) atoms. The van der Waals surface area contributed by atoms with Gasteiger partial charge in [-0.15, -0.1) is 0 Å². The molecule has 1 saturated heterocycles. The Labute approximate surface area is 122 Å². The highest BCUT2D eigenvalue weighted by Crippen LogP contribution is 2.24. The van der Waals surface area contributed by atoms with E-state index in [0.29, 0.717) is 19.4 Å². The number of carboxylic acid groups (broad SMARTS) is 1. The van der Waals surface area contributed by atoms with Crippen LogP contribution in [0.2, 0.25) is 0 Å². The number of rotatable bonds is 5. The van der Waals surface area contributed by atoms with Gasteiger partial charge < -0.3 is 15.7 Å². The minimum atomic E-state index is -0.991. The molecule has 1 unspecified atom stereocenters. The van der Waals surface area contributed by atoms with Crippen molar-refractivity contribution in [3.05, 3.63) is 0 Å². The van der Waals surface area contributed by atoms with Crippen LogP contribution < -0.4 is 16.0 Å². The van der Waals surface area contributed by atoms with Crippen LogP contribution in [0.4, 0.5) is 4.79 Å². The zero-order valence-corrected chi connectivity index (χ0v) is 12.2. The largest absolute Gasteiger partial charge is 0.481 e. The smallest absolute Gasteiger partial charge is 0.321 e. The van der Waals surface area contributed by atoms with Gasteiger partial charge in [-0.2, -0.15) is 0 Å². The summed E-state index contributed by atoms with van der Waals surface area (Å²) < 4.78 is 0. The number of amides is 4. The summed E-state index contributed by atoms with van der Waals surface area (Å²) in [7, 11) is 0. The lowest BCUT2D eigenvalue weighted by atomic mass is 9.85. The van der Waals surface area contributed by atoms with E-state index in [1.54, 1.807) is 13.8 Å². The van der Waals surface area contributed by atoms with E-state index in [2.05, 4.69) is 16.0 Å². The number of aliphatic carboxylic acids is 1. The van der Waals surface area contributed by atoms with Crippen molar-refractivity contribution in [2.24, 2.45) is 5.41 Å². The van der Waals surface area contributed by atoms with Gasteiger partial charge in [0.1, 0.15) is 0 Å². The Kier molecular flexibility index (Phi) is 5.69. The van der Waals surface area contributed by atoms with Crippen molar-refractivity contribution in [3.63, 3.8) is 0 Å². The maximum atomic E-state index is 11.7. The average molecular weight is 299 g/mol. The second-order valence-electron chi connectivity index (χ2n) is 5.97. The SMILES string of the molecule is CC(C)(CC(=O)O)CC(=O)NC(=O)NC1CCC(=O)NC1. The third kappa shape index (κ3) is 6.73. The molecule has 1 rings (SSSR count). The number of carbonyl (C=O) groups is 4. The second-order valence-corrected chi connectivity index (χ2v) is 5.97. The molecule has 0 saturated carbocycles. The lowest BCUT2D eigenvalue weighted by Crippen LogP contribution is -2.51. The Morgan fingerprint density at radius 3 is 2.52 bits per heavy atom. The van der Waals surface area contributed by atoms with Gasteiger partial charge >= 0.3 is 12.0 Å². The minimum Gasteiger partial charge on any atom is -0.481 e. The van der Waals surface area contributed by atoms with Gasteiger partial charge in [-0.1, -0.05) is 13.8 Å². The third-order valence-corrected chi connectivity index (χ3v) is 3.12.